The zero-order chi connectivity index (χ0) is 16.6. The summed E-state index contributed by atoms with van der Waals surface area (Å²) in [5, 5.41) is 14.3. The van der Waals surface area contributed by atoms with E-state index in [1.807, 2.05) is 30.3 Å². The molecule has 122 valence electrons. The number of carbonyl (C=O) groups is 2. The van der Waals surface area contributed by atoms with Crippen molar-refractivity contribution in [2.24, 2.45) is 0 Å². The summed E-state index contributed by atoms with van der Waals surface area (Å²) in [6.07, 6.45) is 0.0812. The van der Waals surface area contributed by atoms with Crippen molar-refractivity contribution >= 4 is 12.1 Å². The quantitative estimate of drug-likeness (QED) is 0.715. The molecule has 1 rings (SSSR count). The van der Waals surface area contributed by atoms with E-state index in [4.69, 9.17) is 9.84 Å². The predicted molar refractivity (Wildman–Crippen MR) is 83.8 cm³/mol. The molecule has 0 aliphatic heterocycles. The topological polar surface area (TPSA) is 87.7 Å². The molecule has 6 nitrogen and oxygen atoms in total. The summed E-state index contributed by atoms with van der Waals surface area (Å²) in [5.41, 5.74) is 0.483. The number of aliphatic carboxylic acids is 1. The molecule has 6 heteroatoms. The molecule has 0 aromatic heterocycles. The summed E-state index contributed by atoms with van der Waals surface area (Å²) >= 11 is 0. The van der Waals surface area contributed by atoms with Crippen molar-refractivity contribution in [2.45, 2.75) is 38.8 Å². The molecule has 0 aliphatic rings. The number of ether oxygens (including phenoxy) is 1. The number of hydrogen-bond acceptors (Lipinski definition) is 4. The fourth-order valence-corrected chi connectivity index (χ4v) is 1.90. The highest BCUT2D eigenvalue weighted by Gasteiger charge is 2.19. The summed E-state index contributed by atoms with van der Waals surface area (Å²) < 4.78 is 5.24. The number of benzene rings is 1. The van der Waals surface area contributed by atoms with Crippen LogP contribution in [0.3, 0.4) is 0 Å². The number of alkyl carbamates (subject to hydrolysis) is 1. The highest BCUT2D eigenvalue weighted by atomic mass is 16.6. The van der Waals surface area contributed by atoms with Gasteiger partial charge in [-0.05, 0) is 32.8 Å². The van der Waals surface area contributed by atoms with Crippen LogP contribution in [0.15, 0.2) is 30.3 Å². The van der Waals surface area contributed by atoms with Gasteiger partial charge < -0.3 is 20.5 Å². The average Bonchev–Trinajstić information content (AvgIpc) is 2.36. The third-order valence-corrected chi connectivity index (χ3v) is 2.71. The maximum Gasteiger partial charge on any atom is 0.407 e. The number of carboxylic acids is 1. The first-order valence-electron chi connectivity index (χ1n) is 7.22. The van der Waals surface area contributed by atoms with Crippen LogP contribution in [0.25, 0.3) is 0 Å². The first-order chi connectivity index (χ1) is 10.3. The van der Waals surface area contributed by atoms with Crippen LogP contribution < -0.4 is 10.6 Å². The first kappa shape index (κ1) is 18.0. The Morgan fingerprint density at radius 3 is 2.41 bits per heavy atom. The van der Waals surface area contributed by atoms with Gasteiger partial charge in [-0.2, -0.15) is 0 Å². The number of rotatable bonds is 7. The molecule has 0 spiro atoms. The maximum atomic E-state index is 11.9. The molecule has 1 atom stereocenters. The summed E-state index contributed by atoms with van der Waals surface area (Å²) in [4.78, 5) is 22.5. The molecule has 1 aromatic carbocycles. The monoisotopic (exact) mass is 308 g/mol. The summed E-state index contributed by atoms with van der Waals surface area (Å²) in [6, 6.07) is 9.43. The number of amides is 1. The fourth-order valence-electron chi connectivity index (χ4n) is 1.90. The second-order valence-electron chi connectivity index (χ2n) is 6.06. The van der Waals surface area contributed by atoms with Crippen LogP contribution >= 0.6 is 0 Å². The van der Waals surface area contributed by atoms with E-state index >= 15 is 0 Å². The normalized spacial score (nSPS) is 12.5. The van der Waals surface area contributed by atoms with Crippen LogP contribution in [0.1, 0.15) is 26.3 Å². The van der Waals surface area contributed by atoms with Crippen molar-refractivity contribution in [1.82, 2.24) is 10.6 Å². The number of carbonyl (C=O) groups excluding carboxylic acids is 1. The molecular formula is C16H24N2O4. The summed E-state index contributed by atoms with van der Waals surface area (Å²) in [6.45, 7) is 5.58. The number of hydrogen-bond donors (Lipinski definition) is 3. The van der Waals surface area contributed by atoms with Crippen LogP contribution in [0, 0.1) is 0 Å². The second-order valence-corrected chi connectivity index (χ2v) is 6.06. The van der Waals surface area contributed by atoms with Crippen molar-refractivity contribution in [3.05, 3.63) is 35.9 Å². The third kappa shape index (κ3) is 8.26. The molecule has 0 saturated heterocycles. The van der Waals surface area contributed by atoms with E-state index in [1.165, 1.54) is 0 Å². The van der Waals surface area contributed by atoms with Crippen molar-refractivity contribution in [2.75, 3.05) is 13.1 Å². The van der Waals surface area contributed by atoms with Gasteiger partial charge in [0.25, 0.3) is 0 Å². The van der Waals surface area contributed by atoms with Gasteiger partial charge in [0.1, 0.15) is 5.60 Å². The SMILES string of the molecule is CC(C)(C)OC(=O)N[C@H](CNCC(=O)O)Cc1ccccc1. The molecule has 0 saturated carbocycles. The number of carboxylic acid groups (broad SMARTS) is 1. The Morgan fingerprint density at radius 2 is 1.86 bits per heavy atom. The van der Waals surface area contributed by atoms with E-state index in [0.29, 0.717) is 13.0 Å². The maximum absolute atomic E-state index is 11.9. The van der Waals surface area contributed by atoms with Crippen molar-refractivity contribution < 1.29 is 19.4 Å². The third-order valence-electron chi connectivity index (χ3n) is 2.71. The summed E-state index contributed by atoms with van der Waals surface area (Å²) in [5.74, 6) is -0.935. The molecule has 1 aromatic rings. The van der Waals surface area contributed by atoms with Crippen LogP contribution in [-0.4, -0.2) is 41.9 Å². The van der Waals surface area contributed by atoms with Crippen molar-refractivity contribution in [3.8, 4) is 0 Å². The van der Waals surface area contributed by atoms with Crippen LogP contribution in [-0.2, 0) is 16.0 Å². The number of nitrogens with one attached hydrogen (secondary N) is 2. The van der Waals surface area contributed by atoms with Gasteiger partial charge in [-0.3, -0.25) is 4.79 Å². The van der Waals surface area contributed by atoms with Crippen molar-refractivity contribution in [1.29, 1.82) is 0 Å². The van der Waals surface area contributed by atoms with Gasteiger partial charge in [0, 0.05) is 12.6 Å². The molecule has 0 heterocycles. The van der Waals surface area contributed by atoms with E-state index in [0.717, 1.165) is 5.56 Å². The zero-order valence-electron chi connectivity index (χ0n) is 13.3. The fraction of sp³-hybridized carbons (Fsp3) is 0.500. The molecule has 0 fully saturated rings. The van der Waals surface area contributed by atoms with Crippen LogP contribution in [0.4, 0.5) is 4.79 Å². The predicted octanol–water partition coefficient (Wildman–Crippen LogP) is 1.80. The van der Waals surface area contributed by atoms with E-state index in [9.17, 15) is 9.59 Å². The molecule has 3 N–H and O–H groups in total. The Bertz CT molecular complexity index is 483. The Labute approximate surface area is 130 Å². The van der Waals surface area contributed by atoms with Gasteiger partial charge in [0.05, 0.1) is 6.54 Å². The van der Waals surface area contributed by atoms with Gasteiger partial charge >= 0.3 is 12.1 Å². The van der Waals surface area contributed by atoms with Crippen LogP contribution in [0.5, 0.6) is 0 Å². The average molecular weight is 308 g/mol. The summed E-state index contributed by atoms with van der Waals surface area (Å²) in [7, 11) is 0. The van der Waals surface area contributed by atoms with Gasteiger partial charge in [-0.1, -0.05) is 30.3 Å². The molecule has 0 unspecified atom stereocenters. The minimum Gasteiger partial charge on any atom is -0.480 e. The molecule has 0 bridgehead atoms. The van der Waals surface area contributed by atoms with Gasteiger partial charge in [0.15, 0.2) is 0 Å². The minimum absolute atomic E-state index is 0.151. The Kier molecular flexibility index (Phi) is 6.85. The standard InChI is InChI=1S/C16H24N2O4/c1-16(2,3)22-15(21)18-13(10-17-11-14(19)20)9-12-7-5-4-6-8-12/h4-8,13,17H,9-11H2,1-3H3,(H,18,21)(H,19,20)/t13-/m0/s1. The Balaban J connectivity index is 2.60. The smallest absolute Gasteiger partial charge is 0.407 e. The lowest BCUT2D eigenvalue weighted by Gasteiger charge is -2.24. The molecular weight excluding hydrogens is 284 g/mol. The highest BCUT2D eigenvalue weighted by molar-refractivity contribution is 5.69. The lowest BCUT2D eigenvalue weighted by molar-refractivity contribution is -0.135. The van der Waals surface area contributed by atoms with E-state index in [1.54, 1.807) is 20.8 Å². The minimum atomic E-state index is -0.935. The van der Waals surface area contributed by atoms with Crippen molar-refractivity contribution in [3.63, 3.8) is 0 Å². The molecule has 0 aliphatic carbocycles. The Hall–Kier alpha value is -2.08. The van der Waals surface area contributed by atoms with E-state index in [2.05, 4.69) is 10.6 Å². The largest absolute Gasteiger partial charge is 0.480 e. The van der Waals surface area contributed by atoms with Gasteiger partial charge in [-0.15, -0.1) is 0 Å². The molecule has 22 heavy (non-hydrogen) atoms. The van der Waals surface area contributed by atoms with E-state index in [-0.39, 0.29) is 12.6 Å². The van der Waals surface area contributed by atoms with Crippen LogP contribution in [0.2, 0.25) is 0 Å². The molecule has 1 amide bonds. The highest BCUT2D eigenvalue weighted by Crippen LogP contribution is 2.08. The van der Waals surface area contributed by atoms with Gasteiger partial charge in [-0.25, -0.2) is 4.79 Å². The zero-order valence-corrected chi connectivity index (χ0v) is 13.3. The lowest BCUT2D eigenvalue weighted by atomic mass is 10.1. The molecule has 0 radical (unpaired) electrons. The second kappa shape index (κ2) is 8.38. The van der Waals surface area contributed by atoms with E-state index < -0.39 is 17.7 Å². The first-order valence-corrected chi connectivity index (χ1v) is 7.22. The van der Waals surface area contributed by atoms with Gasteiger partial charge in [0.2, 0.25) is 0 Å². The lowest BCUT2D eigenvalue weighted by Crippen LogP contribution is -2.46. The Morgan fingerprint density at radius 1 is 1.23 bits per heavy atom.